The fraction of sp³-hybridized carbons (Fsp3) is 0.909. The predicted molar refractivity (Wildman–Crippen MR) is 139 cm³/mol. The highest BCUT2D eigenvalue weighted by Gasteiger charge is 2.30. The number of hydrogen-bond acceptors (Lipinski definition) is 5. The Hall–Kier alpha value is -0.810. The van der Waals surface area contributed by atoms with Crippen molar-refractivity contribution in [2.24, 2.45) is 10.9 Å². The van der Waals surface area contributed by atoms with Crippen LogP contribution in [0.25, 0.3) is 0 Å². The minimum atomic E-state index is -0.512. The highest BCUT2D eigenvalue weighted by atomic mass is 127. The molecular formula is C22H46IN5O3. The van der Waals surface area contributed by atoms with Crippen molar-refractivity contribution < 1.29 is 14.3 Å². The molecule has 0 aliphatic carbocycles. The topological polar surface area (TPSA) is 87.2 Å². The summed E-state index contributed by atoms with van der Waals surface area (Å²) in [4.78, 5) is 19.1. The first-order chi connectivity index (χ1) is 14.2. The molecule has 0 radical (unpaired) electrons. The third-order valence-corrected chi connectivity index (χ3v) is 5.81. The first kappa shape index (κ1) is 30.2. The Balaban J connectivity index is 0.00000900. The maximum absolute atomic E-state index is 12.3. The van der Waals surface area contributed by atoms with E-state index in [1.54, 1.807) is 14.2 Å². The molecule has 0 unspecified atom stereocenters. The number of nitrogens with zero attached hydrogens (tertiary/aromatic N) is 2. The third-order valence-electron chi connectivity index (χ3n) is 5.81. The Labute approximate surface area is 206 Å². The SMILES string of the molecule is CCC(CC)(CNC(=NC)NCC1CCN(CCOC)CC1)NC(=O)OC(C)(C)C.I. The summed E-state index contributed by atoms with van der Waals surface area (Å²) in [6, 6.07) is 0. The standard InChI is InChI=1S/C22H45N5O3.HI/c1-8-22(9-2,26-20(28)30-21(3,4)5)17-25-19(23-6)24-16-18-10-12-27(13-11-18)14-15-29-7;/h18H,8-17H2,1-7H3,(H,26,28)(H2,23,24,25);1H. The van der Waals surface area contributed by atoms with Gasteiger partial charge in [0.05, 0.1) is 12.1 Å². The van der Waals surface area contributed by atoms with Crippen molar-refractivity contribution in [3.8, 4) is 0 Å². The van der Waals surface area contributed by atoms with Gasteiger partial charge in [-0.05, 0) is 65.5 Å². The Morgan fingerprint density at radius 1 is 1.13 bits per heavy atom. The van der Waals surface area contributed by atoms with Crippen molar-refractivity contribution in [3.05, 3.63) is 0 Å². The van der Waals surface area contributed by atoms with Crippen molar-refractivity contribution >= 4 is 36.0 Å². The van der Waals surface area contributed by atoms with E-state index in [-0.39, 0.29) is 35.6 Å². The maximum atomic E-state index is 12.3. The Bertz CT molecular complexity index is 528. The molecule has 0 bridgehead atoms. The summed E-state index contributed by atoms with van der Waals surface area (Å²) >= 11 is 0. The lowest BCUT2D eigenvalue weighted by molar-refractivity contribution is 0.0448. The van der Waals surface area contributed by atoms with E-state index >= 15 is 0 Å². The van der Waals surface area contributed by atoms with Gasteiger partial charge in [0, 0.05) is 33.8 Å². The smallest absolute Gasteiger partial charge is 0.408 e. The largest absolute Gasteiger partial charge is 0.444 e. The number of halogens is 1. The molecule has 1 amide bonds. The van der Waals surface area contributed by atoms with E-state index in [9.17, 15) is 4.79 Å². The summed E-state index contributed by atoms with van der Waals surface area (Å²) in [7, 11) is 3.54. The van der Waals surface area contributed by atoms with Gasteiger partial charge in [-0.25, -0.2) is 4.79 Å². The van der Waals surface area contributed by atoms with Crippen LogP contribution in [0.4, 0.5) is 4.79 Å². The van der Waals surface area contributed by atoms with Crippen LogP contribution in [0.1, 0.15) is 60.3 Å². The number of methoxy groups -OCH3 is 1. The number of alkyl carbamates (subject to hydrolysis) is 1. The second-order valence-corrected chi connectivity index (χ2v) is 9.20. The van der Waals surface area contributed by atoms with Crippen LogP contribution >= 0.6 is 24.0 Å². The highest BCUT2D eigenvalue weighted by Crippen LogP contribution is 2.17. The van der Waals surface area contributed by atoms with Gasteiger partial charge >= 0.3 is 6.09 Å². The van der Waals surface area contributed by atoms with E-state index in [2.05, 4.69) is 39.7 Å². The number of guanidine groups is 1. The number of likely N-dealkylation sites (tertiary alicyclic amines) is 1. The molecule has 1 saturated heterocycles. The van der Waals surface area contributed by atoms with Gasteiger partial charge in [0.15, 0.2) is 5.96 Å². The average Bonchev–Trinajstić information content (AvgIpc) is 2.70. The zero-order valence-corrected chi connectivity index (χ0v) is 23.0. The molecule has 31 heavy (non-hydrogen) atoms. The molecule has 1 aliphatic rings. The fourth-order valence-electron chi connectivity index (χ4n) is 3.59. The summed E-state index contributed by atoms with van der Waals surface area (Å²) in [6.45, 7) is 15.3. The number of carbonyl (C=O) groups excluding carboxylic acids is 1. The molecule has 0 saturated carbocycles. The van der Waals surface area contributed by atoms with Gasteiger partial charge in [-0.2, -0.15) is 0 Å². The molecule has 184 valence electrons. The van der Waals surface area contributed by atoms with Crippen LogP contribution in [0.3, 0.4) is 0 Å². The van der Waals surface area contributed by atoms with Gasteiger partial charge in [-0.15, -0.1) is 24.0 Å². The Kier molecular flexibility index (Phi) is 14.7. The fourth-order valence-corrected chi connectivity index (χ4v) is 3.59. The summed E-state index contributed by atoms with van der Waals surface area (Å²) in [5, 5.41) is 9.93. The van der Waals surface area contributed by atoms with E-state index in [4.69, 9.17) is 9.47 Å². The summed E-state index contributed by atoms with van der Waals surface area (Å²) < 4.78 is 10.6. The number of nitrogens with one attached hydrogen (secondary N) is 3. The van der Waals surface area contributed by atoms with Crippen LogP contribution in [0, 0.1) is 5.92 Å². The Morgan fingerprint density at radius 3 is 2.23 bits per heavy atom. The van der Waals surface area contributed by atoms with Crippen molar-refractivity contribution in [3.63, 3.8) is 0 Å². The molecule has 0 aromatic carbocycles. The molecule has 0 spiro atoms. The summed E-state index contributed by atoms with van der Waals surface area (Å²) in [5.74, 6) is 1.42. The molecule has 0 aromatic rings. The average molecular weight is 556 g/mol. The molecule has 1 heterocycles. The predicted octanol–water partition coefficient (Wildman–Crippen LogP) is 3.21. The van der Waals surface area contributed by atoms with Gasteiger partial charge in [-0.1, -0.05) is 13.8 Å². The third kappa shape index (κ3) is 12.1. The number of amides is 1. The molecule has 1 fully saturated rings. The van der Waals surface area contributed by atoms with Crippen LogP contribution in [0.15, 0.2) is 4.99 Å². The highest BCUT2D eigenvalue weighted by molar-refractivity contribution is 14.0. The number of aliphatic imine (C=N–C) groups is 1. The van der Waals surface area contributed by atoms with Gasteiger partial charge in [0.1, 0.15) is 5.60 Å². The van der Waals surface area contributed by atoms with Crippen LogP contribution in [-0.2, 0) is 9.47 Å². The van der Waals surface area contributed by atoms with E-state index in [0.717, 1.165) is 51.6 Å². The molecule has 3 N–H and O–H groups in total. The number of hydrogen-bond donors (Lipinski definition) is 3. The van der Waals surface area contributed by atoms with E-state index < -0.39 is 5.60 Å². The van der Waals surface area contributed by atoms with E-state index in [1.165, 1.54) is 12.8 Å². The van der Waals surface area contributed by atoms with Gasteiger partial charge in [0.2, 0.25) is 0 Å². The monoisotopic (exact) mass is 555 g/mol. The van der Waals surface area contributed by atoms with Crippen LogP contribution < -0.4 is 16.0 Å². The molecule has 0 atom stereocenters. The van der Waals surface area contributed by atoms with Gasteiger partial charge < -0.3 is 30.3 Å². The lowest BCUT2D eigenvalue weighted by atomic mass is 9.93. The summed E-state index contributed by atoms with van der Waals surface area (Å²) in [5.41, 5.74) is -0.895. The van der Waals surface area contributed by atoms with Crippen LogP contribution in [-0.4, -0.2) is 81.6 Å². The number of piperidine rings is 1. The van der Waals surface area contributed by atoms with E-state index in [0.29, 0.717) is 12.5 Å². The van der Waals surface area contributed by atoms with Crippen molar-refractivity contribution in [1.29, 1.82) is 0 Å². The number of carbonyl (C=O) groups is 1. The molecular weight excluding hydrogens is 509 g/mol. The molecule has 1 aliphatic heterocycles. The van der Waals surface area contributed by atoms with Crippen molar-refractivity contribution in [2.75, 3.05) is 53.5 Å². The van der Waals surface area contributed by atoms with Crippen LogP contribution in [0.5, 0.6) is 0 Å². The van der Waals surface area contributed by atoms with Gasteiger partial charge in [0.25, 0.3) is 0 Å². The number of rotatable bonds is 10. The number of ether oxygens (including phenoxy) is 2. The van der Waals surface area contributed by atoms with E-state index in [1.807, 2.05) is 20.8 Å². The summed E-state index contributed by atoms with van der Waals surface area (Å²) in [6.07, 6.45) is 3.58. The second-order valence-electron chi connectivity index (χ2n) is 9.20. The van der Waals surface area contributed by atoms with Crippen molar-refractivity contribution in [2.45, 2.75) is 71.4 Å². The quantitative estimate of drug-likeness (QED) is 0.218. The van der Waals surface area contributed by atoms with Crippen molar-refractivity contribution in [1.82, 2.24) is 20.9 Å². The molecule has 9 heteroatoms. The Morgan fingerprint density at radius 2 is 1.74 bits per heavy atom. The lowest BCUT2D eigenvalue weighted by Crippen LogP contribution is -2.57. The maximum Gasteiger partial charge on any atom is 0.408 e. The lowest BCUT2D eigenvalue weighted by Gasteiger charge is -2.35. The normalized spacial score (nSPS) is 16.4. The zero-order valence-electron chi connectivity index (χ0n) is 20.7. The molecule has 0 aromatic heterocycles. The minimum Gasteiger partial charge on any atom is -0.444 e. The molecule has 1 rings (SSSR count). The van der Waals surface area contributed by atoms with Gasteiger partial charge in [-0.3, -0.25) is 4.99 Å². The minimum absolute atomic E-state index is 0. The molecule has 8 nitrogen and oxygen atoms in total. The zero-order chi connectivity index (χ0) is 22.6. The first-order valence-corrected chi connectivity index (χ1v) is 11.3. The first-order valence-electron chi connectivity index (χ1n) is 11.3. The van der Waals surface area contributed by atoms with Crippen LogP contribution in [0.2, 0.25) is 0 Å². The second kappa shape index (κ2) is 15.1.